The first-order valence-electron chi connectivity index (χ1n) is 10.6. The van der Waals surface area contributed by atoms with Gasteiger partial charge >= 0.3 is 0 Å². The van der Waals surface area contributed by atoms with Crippen LogP contribution in [0.2, 0.25) is 0 Å². The van der Waals surface area contributed by atoms with Crippen LogP contribution in [0.4, 0.5) is 0 Å². The van der Waals surface area contributed by atoms with Crippen molar-refractivity contribution in [3.05, 3.63) is 35.9 Å². The summed E-state index contributed by atoms with van der Waals surface area (Å²) < 4.78 is 5.40. The smallest absolute Gasteiger partial charge is 0.253 e. The third kappa shape index (κ3) is 4.55. The molecule has 0 aliphatic carbocycles. The van der Waals surface area contributed by atoms with Gasteiger partial charge in [-0.3, -0.25) is 14.5 Å². The molecule has 1 aromatic rings. The number of carbonyl (C=O) groups excluding carboxylic acids is 2. The fourth-order valence-electron chi connectivity index (χ4n) is 4.75. The molecule has 3 aliphatic rings. The monoisotopic (exact) mass is 385 g/mol. The molecule has 2 unspecified atom stereocenters. The molecule has 3 aliphatic heterocycles. The minimum atomic E-state index is 0.124. The second kappa shape index (κ2) is 9.05. The molecule has 2 atom stereocenters. The summed E-state index contributed by atoms with van der Waals surface area (Å²) in [7, 11) is 0. The minimum absolute atomic E-state index is 0.124. The van der Waals surface area contributed by atoms with E-state index in [1.807, 2.05) is 35.2 Å². The minimum Gasteiger partial charge on any atom is -0.379 e. The van der Waals surface area contributed by atoms with E-state index in [1.54, 1.807) is 0 Å². The Hall–Kier alpha value is -1.92. The molecule has 2 amide bonds. The standard InChI is InChI=1S/C22H31N3O3/c26-21-16-19-6-9-25(22(27)18-4-2-1-3-5-18)17-20(19)7-8-24(21)11-10-23-12-14-28-15-13-23/h1-5,19-20H,6-17H2. The normalized spacial score (nSPS) is 26.6. The van der Waals surface area contributed by atoms with Gasteiger partial charge in [0.05, 0.1) is 13.2 Å². The number of hydrogen-bond acceptors (Lipinski definition) is 4. The highest BCUT2D eigenvalue weighted by Gasteiger charge is 2.36. The average molecular weight is 386 g/mol. The Kier molecular flexibility index (Phi) is 6.27. The van der Waals surface area contributed by atoms with E-state index in [9.17, 15) is 9.59 Å². The number of carbonyl (C=O) groups is 2. The first kappa shape index (κ1) is 19.4. The summed E-state index contributed by atoms with van der Waals surface area (Å²) in [6.07, 6.45) is 2.57. The topological polar surface area (TPSA) is 53.1 Å². The fourth-order valence-corrected chi connectivity index (χ4v) is 4.75. The molecule has 0 radical (unpaired) electrons. The molecule has 28 heavy (non-hydrogen) atoms. The fraction of sp³-hybridized carbons (Fsp3) is 0.636. The van der Waals surface area contributed by atoms with Gasteiger partial charge in [-0.2, -0.15) is 0 Å². The van der Waals surface area contributed by atoms with Crippen molar-refractivity contribution in [2.24, 2.45) is 11.8 Å². The van der Waals surface area contributed by atoms with Gasteiger partial charge in [-0.25, -0.2) is 0 Å². The largest absolute Gasteiger partial charge is 0.379 e. The van der Waals surface area contributed by atoms with Crippen molar-refractivity contribution in [1.29, 1.82) is 0 Å². The highest BCUT2D eigenvalue weighted by Crippen LogP contribution is 2.33. The quantitative estimate of drug-likeness (QED) is 0.792. The zero-order valence-electron chi connectivity index (χ0n) is 16.6. The van der Waals surface area contributed by atoms with Crippen LogP contribution in [0.3, 0.4) is 0 Å². The Morgan fingerprint density at radius 3 is 2.50 bits per heavy atom. The van der Waals surface area contributed by atoms with E-state index in [-0.39, 0.29) is 5.91 Å². The second-order valence-electron chi connectivity index (χ2n) is 8.25. The van der Waals surface area contributed by atoms with Crippen LogP contribution in [0, 0.1) is 11.8 Å². The lowest BCUT2D eigenvalue weighted by Crippen LogP contribution is -2.43. The Balaban J connectivity index is 1.32. The van der Waals surface area contributed by atoms with Gasteiger partial charge in [0.1, 0.15) is 0 Å². The summed E-state index contributed by atoms with van der Waals surface area (Å²) in [6, 6.07) is 9.54. The Labute approximate surface area is 167 Å². The van der Waals surface area contributed by atoms with Gasteiger partial charge < -0.3 is 14.5 Å². The number of benzene rings is 1. The summed E-state index contributed by atoms with van der Waals surface area (Å²) in [5.41, 5.74) is 0.762. The predicted molar refractivity (Wildman–Crippen MR) is 107 cm³/mol. The van der Waals surface area contributed by atoms with E-state index < -0.39 is 0 Å². The van der Waals surface area contributed by atoms with Crippen molar-refractivity contribution < 1.29 is 14.3 Å². The first-order chi connectivity index (χ1) is 13.7. The van der Waals surface area contributed by atoms with E-state index in [0.29, 0.717) is 24.2 Å². The molecule has 0 saturated carbocycles. The van der Waals surface area contributed by atoms with Crippen LogP contribution in [-0.2, 0) is 9.53 Å². The molecule has 0 N–H and O–H groups in total. The van der Waals surface area contributed by atoms with Gasteiger partial charge in [-0.15, -0.1) is 0 Å². The van der Waals surface area contributed by atoms with E-state index >= 15 is 0 Å². The van der Waals surface area contributed by atoms with Gasteiger partial charge in [0, 0.05) is 57.8 Å². The summed E-state index contributed by atoms with van der Waals surface area (Å²) in [6.45, 7) is 7.62. The summed E-state index contributed by atoms with van der Waals surface area (Å²) >= 11 is 0. The molecule has 3 fully saturated rings. The maximum absolute atomic E-state index is 12.8. The van der Waals surface area contributed by atoms with Crippen LogP contribution in [-0.4, -0.2) is 85.5 Å². The lowest BCUT2D eigenvalue weighted by molar-refractivity contribution is -0.131. The number of morpholine rings is 1. The van der Waals surface area contributed by atoms with Crippen molar-refractivity contribution in [2.45, 2.75) is 19.3 Å². The zero-order chi connectivity index (χ0) is 19.3. The molecule has 152 valence electrons. The summed E-state index contributed by atoms with van der Waals surface area (Å²) in [5.74, 6) is 1.27. The van der Waals surface area contributed by atoms with Gasteiger partial charge in [-0.05, 0) is 36.8 Å². The van der Waals surface area contributed by atoms with Crippen LogP contribution in [0.15, 0.2) is 30.3 Å². The molecule has 1 aromatic carbocycles. The van der Waals surface area contributed by atoms with Gasteiger partial charge in [0.15, 0.2) is 0 Å². The third-order valence-corrected chi connectivity index (χ3v) is 6.55. The first-order valence-corrected chi connectivity index (χ1v) is 10.6. The number of nitrogens with zero attached hydrogens (tertiary/aromatic N) is 3. The van der Waals surface area contributed by atoms with Crippen LogP contribution >= 0.6 is 0 Å². The van der Waals surface area contributed by atoms with Gasteiger partial charge in [-0.1, -0.05) is 18.2 Å². The molecule has 3 saturated heterocycles. The number of hydrogen-bond donors (Lipinski definition) is 0. The van der Waals surface area contributed by atoms with E-state index in [1.165, 1.54) is 0 Å². The zero-order valence-corrected chi connectivity index (χ0v) is 16.6. The number of rotatable bonds is 4. The van der Waals surface area contributed by atoms with Crippen molar-refractivity contribution in [3.8, 4) is 0 Å². The number of ether oxygens (including phenoxy) is 1. The molecular formula is C22H31N3O3. The van der Waals surface area contributed by atoms with Crippen molar-refractivity contribution >= 4 is 11.8 Å². The highest BCUT2D eigenvalue weighted by molar-refractivity contribution is 5.94. The number of amides is 2. The Bertz CT molecular complexity index is 675. The van der Waals surface area contributed by atoms with Gasteiger partial charge in [0.2, 0.25) is 5.91 Å². The lowest BCUT2D eigenvalue weighted by Gasteiger charge is -2.37. The summed E-state index contributed by atoms with van der Waals surface area (Å²) in [5, 5.41) is 0. The highest BCUT2D eigenvalue weighted by atomic mass is 16.5. The predicted octanol–water partition coefficient (Wildman–Crippen LogP) is 1.72. The van der Waals surface area contributed by atoms with Crippen LogP contribution in [0.25, 0.3) is 0 Å². The third-order valence-electron chi connectivity index (χ3n) is 6.55. The average Bonchev–Trinajstić information content (AvgIpc) is 2.90. The molecule has 0 bridgehead atoms. The lowest BCUT2D eigenvalue weighted by atomic mass is 9.82. The van der Waals surface area contributed by atoms with Crippen LogP contribution in [0.1, 0.15) is 29.6 Å². The van der Waals surface area contributed by atoms with Crippen LogP contribution < -0.4 is 0 Å². The Morgan fingerprint density at radius 1 is 0.964 bits per heavy atom. The maximum Gasteiger partial charge on any atom is 0.253 e. The summed E-state index contributed by atoms with van der Waals surface area (Å²) in [4.78, 5) is 32.0. The second-order valence-corrected chi connectivity index (χ2v) is 8.25. The van der Waals surface area contributed by atoms with E-state index in [2.05, 4.69) is 9.80 Å². The number of piperidine rings is 1. The molecule has 6 nitrogen and oxygen atoms in total. The van der Waals surface area contributed by atoms with Crippen LogP contribution in [0.5, 0.6) is 0 Å². The SMILES string of the molecule is O=C1CC2CCN(C(=O)c3ccccc3)CC2CCN1CCN1CCOCC1. The molecule has 6 heteroatoms. The van der Waals surface area contributed by atoms with E-state index in [4.69, 9.17) is 4.74 Å². The molecular weight excluding hydrogens is 354 g/mol. The van der Waals surface area contributed by atoms with E-state index in [0.717, 1.165) is 77.4 Å². The molecule has 0 aromatic heterocycles. The molecule has 3 heterocycles. The number of likely N-dealkylation sites (tertiary alicyclic amines) is 2. The van der Waals surface area contributed by atoms with Crippen molar-refractivity contribution in [2.75, 3.05) is 59.0 Å². The number of fused-ring (bicyclic) bond motifs is 1. The maximum atomic E-state index is 12.8. The Morgan fingerprint density at radius 2 is 1.71 bits per heavy atom. The van der Waals surface area contributed by atoms with Crippen molar-refractivity contribution in [3.63, 3.8) is 0 Å². The van der Waals surface area contributed by atoms with Crippen molar-refractivity contribution in [1.82, 2.24) is 14.7 Å². The molecule has 4 rings (SSSR count). The molecule has 0 spiro atoms. The van der Waals surface area contributed by atoms with Gasteiger partial charge in [0.25, 0.3) is 5.91 Å².